The first-order chi connectivity index (χ1) is 16.5. The van der Waals surface area contributed by atoms with Crippen molar-refractivity contribution in [1.82, 2.24) is 29.8 Å². The standard InChI is InChI=1S/C24H36N6O5/c1-15-13-18(30(26-15)24(2,3)4)21(32)27-9-11-28(12-10-27)23(35)29-19(22(33)34)17(20(29)31)14-16-5-7-25-8-6-16/h13,16-17,19,25H,5-12,14H2,1-4H3,(H,33,34)/t17-,19+/m1/s1. The molecule has 1 aromatic rings. The molecule has 3 fully saturated rings. The lowest BCUT2D eigenvalue weighted by molar-refractivity contribution is -0.167. The van der Waals surface area contributed by atoms with Crippen LogP contribution in [0.5, 0.6) is 0 Å². The van der Waals surface area contributed by atoms with Gasteiger partial charge in [-0.3, -0.25) is 14.3 Å². The topological polar surface area (TPSA) is 128 Å². The molecule has 11 heteroatoms. The number of aryl methyl sites for hydroxylation is 1. The van der Waals surface area contributed by atoms with Crippen LogP contribution < -0.4 is 5.32 Å². The highest BCUT2D eigenvalue weighted by molar-refractivity contribution is 6.07. The number of carboxylic acid groups (broad SMARTS) is 1. The van der Waals surface area contributed by atoms with Gasteiger partial charge in [0.25, 0.3) is 5.91 Å². The summed E-state index contributed by atoms with van der Waals surface area (Å²) in [6, 6.07) is 0.0735. The highest BCUT2D eigenvalue weighted by Crippen LogP contribution is 2.35. The van der Waals surface area contributed by atoms with E-state index in [1.165, 1.54) is 4.90 Å². The first-order valence-electron chi connectivity index (χ1n) is 12.4. The van der Waals surface area contributed by atoms with Crippen molar-refractivity contribution in [2.24, 2.45) is 11.8 Å². The average molecular weight is 489 g/mol. The van der Waals surface area contributed by atoms with Crippen LogP contribution in [0.4, 0.5) is 4.79 Å². The molecule has 1 aromatic heterocycles. The Labute approximate surface area is 205 Å². The fraction of sp³-hybridized carbons (Fsp3) is 0.708. The van der Waals surface area contributed by atoms with E-state index >= 15 is 0 Å². The summed E-state index contributed by atoms with van der Waals surface area (Å²) in [7, 11) is 0. The molecule has 0 spiro atoms. The number of nitrogens with zero attached hydrogens (tertiary/aromatic N) is 5. The largest absolute Gasteiger partial charge is 0.480 e. The van der Waals surface area contributed by atoms with Crippen LogP contribution in [0.3, 0.4) is 0 Å². The molecule has 0 bridgehead atoms. The number of rotatable bonds is 4. The van der Waals surface area contributed by atoms with Gasteiger partial charge < -0.3 is 20.2 Å². The Kier molecular flexibility index (Phi) is 6.90. The molecule has 11 nitrogen and oxygen atoms in total. The summed E-state index contributed by atoms with van der Waals surface area (Å²) in [5.41, 5.74) is 0.900. The number of likely N-dealkylation sites (tertiary alicyclic amines) is 1. The fourth-order valence-electron chi connectivity index (χ4n) is 5.33. The number of carbonyl (C=O) groups is 4. The van der Waals surface area contributed by atoms with Gasteiger partial charge in [-0.1, -0.05) is 0 Å². The maximum absolute atomic E-state index is 13.2. The number of hydrogen-bond donors (Lipinski definition) is 2. The van der Waals surface area contributed by atoms with Crippen LogP contribution in [-0.4, -0.2) is 98.7 Å². The Balaban J connectivity index is 1.38. The quantitative estimate of drug-likeness (QED) is 0.608. The van der Waals surface area contributed by atoms with Gasteiger partial charge in [0.1, 0.15) is 5.69 Å². The summed E-state index contributed by atoms with van der Waals surface area (Å²) in [4.78, 5) is 55.2. The summed E-state index contributed by atoms with van der Waals surface area (Å²) >= 11 is 0. The Bertz CT molecular complexity index is 1000. The van der Waals surface area contributed by atoms with Crippen LogP contribution in [0.1, 0.15) is 56.2 Å². The van der Waals surface area contributed by atoms with Gasteiger partial charge in [0.15, 0.2) is 6.04 Å². The number of carbonyl (C=O) groups excluding carboxylic acids is 3. The molecule has 2 N–H and O–H groups in total. The van der Waals surface area contributed by atoms with Crippen molar-refractivity contribution >= 4 is 23.8 Å². The van der Waals surface area contributed by atoms with Crippen molar-refractivity contribution in [3.63, 3.8) is 0 Å². The van der Waals surface area contributed by atoms with E-state index in [2.05, 4.69) is 10.4 Å². The van der Waals surface area contributed by atoms with E-state index in [0.717, 1.165) is 36.5 Å². The normalized spacial score (nSPS) is 23.9. The summed E-state index contributed by atoms with van der Waals surface area (Å²) in [6.07, 6.45) is 2.33. The molecule has 4 heterocycles. The third-order valence-electron chi connectivity index (χ3n) is 7.24. The Morgan fingerprint density at radius 3 is 2.26 bits per heavy atom. The van der Waals surface area contributed by atoms with Gasteiger partial charge in [-0.2, -0.15) is 5.10 Å². The Morgan fingerprint density at radius 2 is 1.69 bits per heavy atom. The third kappa shape index (κ3) is 4.91. The highest BCUT2D eigenvalue weighted by Gasteiger charge is 2.56. The van der Waals surface area contributed by atoms with Crippen molar-refractivity contribution in [3.8, 4) is 0 Å². The summed E-state index contributed by atoms with van der Waals surface area (Å²) in [5, 5.41) is 17.5. The second-order valence-corrected chi connectivity index (χ2v) is 10.8. The van der Waals surface area contributed by atoms with Crippen LogP contribution in [-0.2, 0) is 15.1 Å². The minimum absolute atomic E-state index is 0.155. The molecule has 2 atom stereocenters. The SMILES string of the molecule is Cc1cc(C(=O)N2CCN(C(=O)N3C(=O)[C@H](CC4CCNCC4)[C@H]3C(=O)O)CC2)n(C(C)(C)C)n1. The molecular formula is C24H36N6O5. The predicted octanol–water partition coefficient (Wildman–Crippen LogP) is 1.13. The summed E-state index contributed by atoms with van der Waals surface area (Å²) in [6.45, 7) is 10.6. The first-order valence-corrected chi connectivity index (χ1v) is 12.4. The van der Waals surface area contributed by atoms with Gasteiger partial charge in [0.2, 0.25) is 5.91 Å². The molecule has 3 aliphatic rings. The zero-order chi connectivity index (χ0) is 25.5. The number of piperazine rings is 1. The number of carboxylic acids is 1. The Morgan fingerprint density at radius 1 is 1.09 bits per heavy atom. The van der Waals surface area contributed by atoms with Crippen molar-refractivity contribution in [2.75, 3.05) is 39.3 Å². The van der Waals surface area contributed by atoms with E-state index in [4.69, 9.17) is 0 Å². The molecule has 4 amide bonds. The molecule has 0 radical (unpaired) electrons. The second kappa shape index (κ2) is 9.60. The van der Waals surface area contributed by atoms with Crippen LogP contribution in [0.15, 0.2) is 6.07 Å². The maximum atomic E-state index is 13.2. The van der Waals surface area contributed by atoms with Crippen molar-refractivity contribution in [1.29, 1.82) is 0 Å². The van der Waals surface area contributed by atoms with E-state index in [0.29, 0.717) is 31.1 Å². The van der Waals surface area contributed by atoms with E-state index in [9.17, 15) is 24.3 Å². The van der Waals surface area contributed by atoms with E-state index in [1.807, 2.05) is 27.7 Å². The van der Waals surface area contributed by atoms with Gasteiger partial charge in [-0.25, -0.2) is 14.5 Å². The molecule has 0 aliphatic carbocycles. The van der Waals surface area contributed by atoms with E-state index in [1.54, 1.807) is 15.6 Å². The monoisotopic (exact) mass is 488 g/mol. The number of imide groups is 1. The molecule has 4 rings (SSSR count). The fourth-order valence-corrected chi connectivity index (χ4v) is 5.33. The maximum Gasteiger partial charge on any atom is 0.327 e. The van der Waals surface area contributed by atoms with Crippen LogP contribution >= 0.6 is 0 Å². The molecule has 35 heavy (non-hydrogen) atoms. The number of β-lactam (4-membered cyclic amide) rings is 1. The van der Waals surface area contributed by atoms with Crippen molar-refractivity contribution < 1.29 is 24.3 Å². The molecule has 0 aromatic carbocycles. The van der Waals surface area contributed by atoms with E-state index in [-0.39, 0.29) is 24.5 Å². The molecule has 0 unspecified atom stereocenters. The number of urea groups is 1. The molecule has 192 valence electrons. The van der Waals surface area contributed by atoms with Crippen molar-refractivity contribution in [3.05, 3.63) is 17.5 Å². The second-order valence-electron chi connectivity index (χ2n) is 10.8. The van der Waals surface area contributed by atoms with E-state index < -0.39 is 29.9 Å². The van der Waals surface area contributed by atoms with Crippen LogP contribution in [0.25, 0.3) is 0 Å². The van der Waals surface area contributed by atoms with Crippen molar-refractivity contribution in [2.45, 2.75) is 58.5 Å². The summed E-state index contributed by atoms with van der Waals surface area (Å²) < 4.78 is 1.72. The molecule has 0 saturated carbocycles. The average Bonchev–Trinajstić information content (AvgIpc) is 3.22. The lowest BCUT2D eigenvalue weighted by atomic mass is 9.78. The number of piperidine rings is 1. The number of hydrogen-bond acceptors (Lipinski definition) is 6. The minimum atomic E-state index is -1.14. The van der Waals surface area contributed by atoms with Crippen LogP contribution in [0.2, 0.25) is 0 Å². The lowest BCUT2D eigenvalue weighted by Gasteiger charge is -2.47. The van der Waals surface area contributed by atoms with Gasteiger partial charge in [-0.05, 0) is 72.0 Å². The highest BCUT2D eigenvalue weighted by atomic mass is 16.4. The Hall–Kier alpha value is -2.95. The smallest absolute Gasteiger partial charge is 0.327 e. The minimum Gasteiger partial charge on any atom is -0.480 e. The zero-order valence-electron chi connectivity index (χ0n) is 21.0. The molecular weight excluding hydrogens is 452 g/mol. The zero-order valence-corrected chi connectivity index (χ0v) is 21.0. The lowest BCUT2D eigenvalue weighted by Crippen LogP contribution is -2.69. The number of nitrogens with one attached hydrogen (secondary N) is 1. The van der Waals surface area contributed by atoms with Crippen LogP contribution in [0, 0.1) is 18.8 Å². The number of aromatic nitrogens is 2. The summed E-state index contributed by atoms with van der Waals surface area (Å²) in [5.74, 6) is -2.05. The predicted molar refractivity (Wildman–Crippen MR) is 127 cm³/mol. The third-order valence-corrected chi connectivity index (χ3v) is 7.24. The molecule has 3 aliphatic heterocycles. The van der Waals surface area contributed by atoms with Gasteiger partial charge in [0.05, 0.1) is 17.2 Å². The van der Waals surface area contributed by atoms with Gasteiger partial charge >= 0.3 is 12.0 Å². The number of amides is 4. The number of aliphatic carboxylic acids is 1. The first kappa shape index (κ1) is 25.2. The molecule has 3 saturated heterocycles. The van der Waals surface area contributed by atoms with Gasteiger partial charge in [-0.15, -0.1) is 0 Å². The van der Waals surface area contributed by atoms with Gasteiger partial charge in [0, 0.05) is 26.2 Å².